The predicted octanol–water partition coefficient (Wildman–Crippen LogP) is 7.59. The van der Waals surface area contributed by atoms with Crippen molar-refractivity contribution in [1.82, 2.24) is 0 Å². The molecule has 1 aromatic heterocycles. The van der Waals surface area contributed by atoms with Gasteiger partial charge in [0.2, 0.25) is 0 Å². The van der Waals surface area contributed by atoms with Gasteiger partial charge >= 0.3 is 0 Å². The number of carbonyl (C=O) groups excluding carboxylic acids is 1. The summed E-state index contributed by atoms with van der Waals surface area (Å²) in [7, 11) is 0. The molecule has 0 radical (unpaired) electrons. The summed E-state index contributed by atoms with van der Waals surface area (Å²) in [6.07, 6.45) is 10.3. The Morgan fingerprint density at radius 3 is 2.62 bits per heavy atom. The van der Waals surface area contributed by atoms with Gasteiger partial charge in [0.1, 0.15) is 17.4 Å². The number of nitrogens with zero attached hydrogens (tertiary/aromatic N) is 1. The summed E-state index contributed by atoms with van der Waals surface area (Å²) in [4.78, 5) is 19.7. The van der Waals surface area contributed by atoms with Crippen LogP contribution in [0.15, 0.2) is 60.1 Å². The van der Waals surface area contributed by atoms with E-state index >= 15 is 0 Å². The SMILES string of the molecule is C=CCOc1ccc(C=Nc2sc3c(c2C(=O)Nc2cc(C)ccc2C)CCCCCC3)cc1. The number of nitrogens with one attached hydrogen (secondary N) is 1. The van der Waals surface area contributed by atoms with E-state index in [1.807, 2.05) is 56.5 Å². The number of carbonyl (C=O) groups is 1. The number of thiophene rings is 1. The van der Waals surface area contributed by atoms with E-state index in [2.05, 4.69) is 18.0 Å². The number of anilines is 1. The number of rotatable bonds is 7. The molecule has 0 bridgehead atoms. The molecular formula is C29H32N2O2S. The smallest absolute Gasteiger partial charge is 0.259 e. The molecule has 1 aliphatic carbocycles. The molecule has 34 heavy (non-hydrogen) atoms. The van der Waals surface area contributed by atoms with E-state index in [0.717, 1.165) is 58.0 Å². The Balaban J connectivity index is 1.65. The van der Waals surface area contributed by atoms with Gasteiger partial charge in [0.15, 0.2) is 0 Å². The van der Waals surface area contributed by atoms with Crippen LogP contribution in [0.5, 0.6) is 5.75 Å². The molecule has 0 spiro atoms. The number of aryl methyl sites for hydroxylation is 3. The number of hydrogen-bond donors (Lipinski definition) is 1. The van der Waals surface area contributed by atoms with Crippen LogP contribution in [0.3, 0.4) is 0 Å². The number of amides is 1. The van der Waals surface area contributed by atoms with Crippen LogP contribution < -0.4 is 10.1 Å². The monoisotopic (exact) mass is 472 g/mol. The van der Waals surface area contributed by atoms with Crippen molar-refractivity contribution in [3.63, 3.8) is 0 Å². The third-order valence-corrected chi connectivity index (χ3v) is 7.30. The standard InChI is InChI=1S/C29H32N2O2S/c1-4-17-33-23-15-13-22(14-16-23)19-30-29-27(24-9-7-5-6-8-10-26(24)34-29)28(32)31-25-18-20(2)11-12-21(25)3/h4,11-16,18-19H,1,5-10,17H2,2-3H3,(H,31,32). The summed E-state index contributed by atoms with van der Waals surface area (Å²) in [6, 6.07) is 13.9. The largest absolute Gasteiger partial charge is 0.490 e. The lowest BCUT2D eigenvalue weighted by Gasteiger charge is -2.13. The maximum Gasteiger partial charge on any atom is 0.259 e. The van der Waals surface area contributed by atoms with E-state index < -0.39 is 0 Å². The molecule has 0 saturated carbocycles. The van der Waals surface area contributed by atoms with Gasteiger partial charge in [-0.3, -0.25) is 4.79 Å². The molecule has 3 aromatic rings. The molecule has 0 atom stereocenters. The van der Waals surface area contributed by atoms with E-state index in [9.17, 15) is 4.79 Å². The van der Waals surface area contributed by atoms with Gasteiger partial charge in [-0.15, -0.1) is 11.3 Å². The molecule has 4 rings (SSSR count). The van der Waals surface area contributed by atoms with Gasteiger partial charge in [0.25, 0.3) is 5.91 Å². The van der Waals surface area contributed by atoms with E-state index in [-0.39, 0.29) is 5.91 Å². The Morgan fingerprint density at radius 2 is 1.85 bits per heavy atom. The van der Waals surface area contributed by atoms with Crippen LogP contribution in [0, 0.1) is 13.8 Å². The maximum atomic E-state index is 13.6. The van der Waals surface area contributed by atoms with Gasteiger partial charge in [0, 0.05) is 16.8 Å². The van der Waals surface area contributed by atoms with Gasteiger partial charge in [-0.2, -0.15) is 0 Å². The maximum absolute atomic E-state index is 13.6. The van der Waals surface area contributed by atoms with Gasteiger partial charge < -0.3 is 10.1 Å². The molecule has 5 heteroatoms. The van der Waals surface area contributed by atoms with Gasteiger partial charge in [-0.05, 0) is 92.1 Å². The normalized spacial score (nSPS) is 13.7. The second kappa shape index (κ2) is 11.3. The summed E-state index contributed by atoms with van der Waals surface area (Å²) in [6.45, 7) is 8.22. The zero-order valence-corrected chi connectivity index (χ0v) is 20.8. The van der Waals surface area contributed by atoms with Gasteiger partial charge in [-0.25, -0.2) is 4.99 Å². The van der Waals surface area contributed by atoms with Crippen molar-refractivity contribution in [3.8, 4) is 5.75 Å². The molecule has 1 heterocycles. The van der Waals surface area contributed by atoms with E-state index in [0.29, 0.717) is 6.61 Å². The van der Waals surface area contributed by atoms with Crippen LogP contribution >= 0.6 is 11.3 Å². The number of aliphatic imine (C=N–C) groups is 1. The molecule has 1 aliphatic rings. The first-order chi connectivity index (χ1) is 16.5. The van der Waals surface area contributed by atoms with Crippen LogP contribution in [0.4, 0.5) is 10.7 Å². The molecule has 0 aliphatic heterocycles. The first-order valence-electron chi connectivity index (χ1n) is 12.0. The zero-order chi connectivity index (χ0) is 23.9. The third-order valence-electron chi connectivity index (χ3n) is 6.10. The van der Waals surface area contributed by atoms with Crippen LogP contribution in [0.1, 0.15) is 63.2 Å². The van der Waals surface area contributed by atoms with Crippen molar-refractivity contribution in [2.24, 2.45) is 4.99 Å². The quantitative estimate of drug-likeness (QED) is 0.284. The minimum absolute atomic E-state index is 0.0629. The van der Waals surface area contributed by atoms with E-state index in [1.54, 1.807) is 17.4 Å². The van der Waals surface area contributed by atoms with Crippen LogP contribution in [-0.2, 0) is 12.8 Å². The Labute approximate surface area is 206 Å². The van der Waals surface area contributed by atoms with Crippen molar-refractivity contribution in [2.45, 2.75) is 52.4 Å². The van der Waals surface area contributed by atoms with E-state index in [4.69, 9.17) is 9.73 Å². The zero-order valence-electron chi connectivity index (χ0n) is 20.0. The lowest BCUT2D eigenvalue weighted by Crippen LogP contribution is -2.15. The highest BCUT2D eigenvalue weighted by Crippen LogP contribution is 2.39. The lowest BCUT2D eigenvalue weighted by atomic mass is 9.96. The second-order valence-electron chi connectivity index (χ2n) is 8.80. The molecule has 0 fully saturated rings. The number of fused-ring (bicyclic) bond motifs is 1. The highest BCUT2D eigenvalue weighted by molar-refractivity contribution is 7.16. The summed E-state index contributed by atoms with van der Waals surface area (Å²) < 4.78 is 5.56. The van der Waals surface area contributed by atoms with Crippen LogP contribution in [0.2, 0.25) is 0 Å². The number of hydrogen-bond acceptors (Lipinski definition) is 4. The second-order valence-corrected chi connectivity index (χ2v) is 9.88. The predicted molar refractivity (Wildman–Crippen MR) is 143 cm³/mol. The Hall–Kier alpha value is -3.18. The van der Waals surface area contributed by atoms with Crippen molar-refractivity contribution in [3.05, 3.63) is 87.8 Å². The van der Waals surface area contributed by atoms with Crippen molar-refractivity contribution in [1.29, 1.82) is 0 Å². The fraction of sp³-hybridized carbons (Fsp3) is 0.310. The Bertz CT molecular complexity index is 1190. The highest BCUT2D eigenvalue weighted by atomic mass is 32.1. The van der Waals surface area contributed by atoms with Gasteiger partial charge in [-0.1, -0.05) is 37.6 Å². The molecule has 176 valence electrons. The Morgan fingerprint density at radius 1 is 1.09 bits per heavy atom. The van der Waals surface area contributed by atoms with Crippen molar-refractivity contribution in [2.75, 3.05) is 11.9 Å². The number of benzene rings is 2. The Kier molecular flexibility index (Phi) is 7.96. The third kappa shape index (κ3) is 5.84. The highest BCUT2D eigenvalue weighted by Gasteiger charge is 2.24. The summed E-state index contributed by atoms with van der Waals surface area (Å²) in [5.41, 5.74) is 5.94. The summed E-state index contributed by atoms with van der Waals surface area (Å²) >= 11 is 1.67. The molecule has 1 amide bonds. The minimum atomic E-state index is -0.0629. The van der Waals surface area contributed by atoms with Crippen molar-refractivity contribution < 1.29 is 9.53 Å². The molecule has 0 unspecified atom stereocenters. The number of ether oxygens (including phenoxy) is 1. The fourth-order valence-corrected chi connectivity index (χ4v) is 5.45. The lowest BCUT2D eigenvalue weighted by molar-refractivity contribution is 0.102. The minimum Gasteiger partial charge on any atom is -0.490 e. The fourth-order valence-electron chi connectivity index (χ4n) is 4.22. The van der Waals surface area contributed by atoms with Crippen molar-refractivity contribution >= 4 is 34.1 Å². The van der Waals surface area contributed by atoms with Gasteiger partial charge in [0.05, 0.1) is 5.56 Å². The molecule has 0 saturated heterocycles. The first-order valence-corrected chi connectivity index (χ1v) is 12.8. The molecule has 4 nitrogen and oxygen atoms in total. The average Bonchev–Trinajstić information content (AvgIpc) is 3.15. The van der Waals surface area contributed by atoms with Crippen LogP contribution in [0.25, 0.3) is 0 Å². The average molecular weight is 473 g/mol. The first kappa shape index (κ1) is 24.0. The van der Waals surface area contributed by atoms with E-state index in [1.165, 1.54) is 29.7 Å². The topological polar surface area (TPSA) is 50.7 Å². The molecule has 1 N–H and O–H groups in total. The van der Waals surface area contributed by atoms with Crippen LogP contribution in [-0.4, -0.2) is 18.7 Å². The molecular weight excluding hydrogens is 440 g/mol. The summed E-state index contributed by atoms with van der Waals surface area (Å²) in [5.74, 6) is 0.733. The molecule has 2 aromatic carbocycles. The summed E-state index contributed by atoms with van der Waals surface area (Å²) in [5, 5.41) is 3.97.